The molecule has 3 unspecified atom stereocenters. The Morgan fingerprint density at radius 2 is 1.63 bits per heavy atom. The van der Waals surface area contributed by atoms with Crippen LogP contribution in [0.4, 0.5) is 5.69 Å². The zero-order valence-corrected chi connectivity index (χ0v) is 26.7. The molecule has 1 saturated heterocycles. The number of likely N-dealkylation sites (tertiary alicyclic amines) is 1. The van der Waals surface area contributed by atoms with Crippen LogP contribution in [0, 0.1) is 30.6 Å². The molecule has 5 aliphatic rings. The minimum Gasteiger partial charge on any atom is -0.478 e. The Balaban J connectivity index is 0.000000392. The molecule has 1 amide bonds. The number of benzene rings is 1. The van der Waals surface area contributed by atoms with Crippen molar-refractivity contribution >= 4 is 23.3 Å². The minimum absolute atomic E-state index is 0.0992. The van der Waals surface area contributed by atoms with Crippen LogP contribution in [-0.2, 0) is 9.59 Å². The van der Waals surface area contributed by atoms with Crippen molar-refractivity contribution in [3.63, 3.8) is 0 Å². The van der Waals surface area contributed by atoms with Gasteiger partial charge in [0, 0.05) is 30.6 Å². The molecule has 5 fully saturated rings. The first-order chi connectivity index (χ1) is 20.9. The molecule has 6 nitrogen and oxygen atoms in total. The van der Waals surface area contributed by atoms with Crippen LogP contribution in [0.2, 0.25) is 0 Å². The number of nitrogens with zero attached hydrogens (tertiary/aromatic N) is 2. The average Bonchev–Trinajstić information content (AvgIpc) is 3.69. The maximum absolute atomic E-state index is 13.5. The van der Waals surface area contributed by atoms with Crippen molar-refractivity contribution in [2.24, 2.45) is 34.4 Å². The molecule has 4 aliphatic carbocycles. The number of aliphatic imine (C=N–C) groups is 1. The van der Waals surface area contributed by atoms with E-state index < -0.39 is 5.97 Å². The summed E-state index contributed by atoms with van der Waals surface area (Å²) < 4.78 is 0. The average molecular weight is 590 g/mol. The highest BCUT2D eigenvalue weighted by Crippen LogP contribution is 2.44. The lowest BCUT2D eigenvalue weighted by Crippen LogP contribution is -2.41. The first-order valence-electron chi connectivity index (χ1n) is 17.5. The molecule has 0 spiro atoms. The molecule has 43 heavy (non-hydrogen) atoms. The van der Waals surface area contributed by atoms with Gasteiger partial charge in [-0.15, -0.1) is 0 Å². The molecule has 6 heteroatoms. The summed E-state index contributed by atoms with van der Waals surface area (Å²) in [6.07, 6.45) is 22.2. The Kier molecular flexibility index (Phi) is 11.0. The lowest BCUT2D eigenvalue weighted by molar-refractivity contribution is -0.137. The zero-order valence-electron chi connectivity index (χ0n) is 26.7. The Morgan fingerprint density at radius 1 is 0.930 bits per heavy atom. The smallest absolute Gasteiger partial charge is 0.339 e. The van der Waals surface area contributed by atoms with E-state index in [1.165, 1.54) is 49.3 Å². The molecule has 1 heterocycles. The van der Waals surface area contributed by atoms with Gasteiger partial charge in [0.15, 0.2) is 0 Å². The van der Waals surface area contributed by atoms with Gasteiger partial charge in [0.2, 0.25) is 5.91 Å². The van der Waals surface area contributed by atoms with E-state index in [2.05, 4.69) is 30.9 Å². The largest absolute Gasteiger partial charge is 0.478 e. The van der Waals surface area contributed by atoms with Gasteiger partial charge in [-0.3, -0.25) is 9.79 Å². The van der Waals surface area contributed by atoms with Crippen molar-refractivity contribution in [3.05, 3.63) is 41.1 Å². The molecular formula is C37H55N3O3. The minimum atomic E-state index is -1.03. The van der Waals surface area contributed by atoms with Crippen LogP contribution in [0.3, 0.4) is 0 Å². The number of amides is 1. The molecule has 236 valence electrons. The van der Waals surface area contributed by atoms with Crippen molar-refractivity contribution in [2.75, 3.05) is 6.54 Å². The van der Waals surface area contributed by atoms with Crippen LogP contribution in [0.25, 0.3) is 0 Å². The van der Waals surface area contributed by atoms with Gasteiger partial charge in [-0.2, -0.15) is 0 Å². The number of carboxylic acid groups (broad SMARTS) is 1. The van der Waals surface area contributed by atoms with Gasteiger partial charge in [0.1, 0.15) is 0 Å². The van der Waals surface area contributed by atoms with E-state index in [1.807, 2.05) is 6.07 Å². The van der Waals surface area contributed by atoms with Gasteiger partial charge in [0.25, 0.3) is 0 Å². The number of hydrogen-bond donors (Lipinski definition) is 2. The van der Waals surface area contributed by atoms with Crippen LogP contribution in [0.15, 0.2) is 35.0 Å². The van der Waals surface area contributed by atoms with E-state index >= 15 is 0 Å². The van der Waals surface area contributed by atoms with Crippen LogP contribution in [0.1, 0.15) is 133 Å². The van der Waals surface area contributed by atoms with E-state index in [0.717, 1.165) is 75.6 Å². The monoisotopic (exact) mass is 589 g/mol. The van der Waals surface area contributed by atoms with Gasteiger partial charge >= 0.3 is 5.97 Å². The third-order valence-electron chi connectivity index (χ3n) is 11.0. The quantitative estimate of drug-likeness (QED) is 0.211. The summed E-state index contributed by atoms with van der Waals surface area (Å²) in [4.78, 5) is 32.2. The second-order valence-electron chi connectivity index (χ2n) is 14.2. The lowest BCUT2D eigenvalue weighted by Gasteiger charge is -2.39. The SMILES string of the molecule is C1CC(C2CCC2)C1.CCCCC1CCCN1C(=O)C1CCCC(c2cc(C)cc(N=C(/C(=C\N)C(=O)O)C3CC3)c2)C1. The Bertz CT molecular complexity index is 1170. The van der Waals surface area contributed by atoms with E-state index in [4.69, 9.17) is 10.7 Å². The number of carbonyl (C=O) groups is 2. The third-order valence-corrected chi connectivity index (χ3v) is 11.0. The van der Waals surface area contributed by atoms with Crippen molar-refractivity contribution in [2.45, 2.75) is 135 Å². The topological polar surface area (TPSA) is 96.0 Å². The summed E-state index contributed by atoms with van der Waals surface area (Å²) in [5.41, 5.74) is 9.44. The van der Waals surface area contributed by atoms with Crippen molar-refractivity contribution in [1.29, 1.82) is 0 Å². The second kappa shape index (κ2) is 14.9. The van der Waals surface area contributed by atoms with Gasteiger partial charge < -0.3 is 15.7 Å². The number of carbonyl (C=O) groups excluding carboxylic acids is 1. The standard InChI is InChI=1S/C29H41N3O3.C8H14/c1-3-4-9-25-10-6-13-32(25)28(33)22-8-5-7-21(16-22)23-14-19(2)15-24(17-23)31-27(20-11-12-20)26(18-30)29(34)35;1-3-7(4-1)8-5-2-6-8/h14-15,17-18,20-22,25H,3-13,16,30H2,1-2H3,(H,34,35);7-8H,1-6H2/b26-18+,31-27?;. The lowest BCUT2D eigenvalue weighted by atomic mass is 9.67. The van der Waals surface area contributed by atoms with Crippen LogP contribution < -0.4 is 5.73 Å². The first-order valence-corrected chi connectivity index (χ1v) is 17.5. The molecule has 3 N–H and O–H groups in total. The Hall–Kier alpha value is -2.63. The maximum atomic E-state index is 13.5. The summed E-state index contributed by atoms with van der Waals surface area (Å²) in [6.45, 7) is 5.20. The highest BCUT2D eigenvalue weighted by molar-refractivity contribution is 6.21. The summed E-state index contributed by atoms with van der Waals surface area (Å²) in [7, 11) is 0. The molecule has 3 atom stereocenters. The number of carboxylic acids is 1. The van der Waals surface area contributed by atoms with Crippen LogP contribution >= 0.6 is 0 Å². The summed E-state index contributed by atoms with van der Waals surface area (Å²) in [5.74, 6) is 2.31. The molecule has 1 aromatic rings. The van der Waals surface area contributed by atoms with Gasteiger partial charge in [-0.1, -0.05) is 70.8 Å². The molecule has 0 radical (unpaired) electrons. The fourth-order valence-electron chi connectivity index (χ4n) is 7.87. The summed E-state index contributed by atoms with van der Waals surface area (Å²) in [5, 5.41) is 9.58. The maximum Gasteiger partial charge on any atom is 0.339 e. The number of aryl methyl sites for hydroxylation is 1. The molecule has 6 rings (SSSR count). The fourth-order valence-corrected chi connectivity index (χ4v) is 7.87. The Labute approximate surface area is 259 Å². The number of nitrogens with two attached hydrogens (primary N) is 1. The number of aliphatic carboxylic acids is 1. The Morgan fingerprint density at radius 3 is 2.21 bits per heavy atom. The predicted molar refractivity (Wildman–Crippen MR) is 175 cm³/mol. The fraction of sp³-hybridized carbons (Fsp3) is 0.703. The normalized spacial score (nSPS) is 26.7. The first kappa shape index (κ1) is 31.8. The van der Waals surface area contributed by atoms with Gasteiger partial charge in [-0.05, 0) is 99.3 Å². The van der Waals surface area contributed by atoms with E-state index in [1.54, 1.807) is 25.7 Å². The van der Waals surface area contributed by atoms with Gasteiger partial charge in [-0.25, -0.2) is 4.79 Å². The molecule has 4 saturated carbocycles. The molecule has 0 aromatic heterocycles. The zero-order chi connectivity index (χ0) is 30.3. The van der Waals surface area contributed by atoms with Crippen molar-refractivity contribution in [3.8, 4) is 0 Å². The number of hydrogen-bond acceptors (Lipinski definition) is 4. The predicted octanol–water partition coefficient (Wildman–Crippen LogP) is 8.45. The van der Waals surface area contributed by atoms with Crippen LogP contribution in [-0.4, -0.2) is 40.2 Å². The number of unbranched alkanes of at least 4 members (excludes halogenated alkanes) is 1. The van der Waals surface area contributed by atoms with Gasteiger partial charge in [0.05, 0.1) is 17.0 Å². The van der Waals surface area contributed by atoms with E-state index in [9.17, 15) is 14.7 Å². The molecular weight excluding hydrogens is 534 g/mol. The molecule has 1 aromatic carbocycles. The highest BCUT2D eigenvalue weighted by atomic mass is 16.4. The molecule has 1 aliphatic heterocycles. The van der Waals surface area contributed by atoms with Crippen molar-refractivity contribution < 1.29 is 14.7 Å². The van der Waals surface area contributed by atoms with Crippen molar-refractivity contribution in [1.82, 2.24) is 4.90 Å². The highest BCUT2D eigenvalue weighted by Gasteiger charge is 2.36. The summed E-state index contributed by atoms with van der Waals surface area (Å²) >= 11 is 0. The number of rotatable bonds is 10. The summed E-state index contributed by atoms with van der Waals surface area (Å²) in [6, 6.07) is 6.76. The third kappa shape index (κ3) is 8.10. The van der Waals surface area contributed by atoms with E-state index in [0.29, 0.717) is 23.6 Å². The van der Waals surface area contributed by atoms with Crippen LogP contribution in [0.5, 0.6) is 0 Å². The van der Waals surface area contributed by atoms with E-state index in [-0.39, 0.29) is 17.4 Å². The second-order valence-corrected chi connectivity index (χ2v) is 14.2. The molecule has 0 bridgehead atoms.